The van der Waals surface area contributed by atoms with Gasteiger partial charge < -0.3 is 10.2 Å². The zero-order valence-corrected chi connectivity index (χ0v) is 17.6. The summed E-state index contributed by atoms with van der Waals surface area (Å²) < 4.78 is 0. The van der Waals surface area contributed by atoms with E-state index in [0.29, 0.717) is 28.6 Å². The van der Waals surface area contributed by atoms with Gasteiger partial charge in [-0.25, -0.2) is 0 Å². The van der Waals surface area contributed by atoms with E-state index in [1.165, 1.54) is 44.9 Å². The van der Waals surface area contributed by atoms with Gasteiger partial charge in [0.2, 0.25) is 0 Å². The van der Waals surface area contributed by atoms with Crippen LogP contribution in [0.4, 0.5) is 0 Å². The molecule has 0 spiro atoms. The van der Waals surface area contributed by atoms with Crippen molar-refractivity contribution in [3.05, 3.63) is 0 Å². The summed E-state index contributed by atoms with van der Waals surface area (Å²) in [6.07, 6.45) is 11.8. The maximum absolute atomic E-state index is 11.0. The molecule has 4 saturated carbocycles. The van der Waals surface area contributed by atoms with Crippen LogP contribution in [0.3, 0.4) is 0 Å². The van der Waals surface area contributed by atoms with E-state index in [-0.39, 0.29) is 12.2 Å². The smallest absolute Gasteiger partial charge is 0.0574 e. The monoisotopic (exact) mass is 362 g/mol. The van der Waals surface area contributed by atoms with E-state index in [1.807, 2.05) is 0 Å². The fourth-order valence-corrected chi connectivity index (χ4v) is 8.62. The van der Waals surface area contributed by atoms with Crippen molar-refractivity contribution in [1.82, 2.24) is 0 Å². The summed E-state index contributed by atoms with van der Waals surface area (Å²) in [5.41, 5.74) is 0.828. The molecule has 5 unspecified atom stereocenters. The average molecular weight is 363 g/mol. The molecule has 0 aromatic carbocycles. The van der Waals surface area contributed by atoms with E-state index in [0.717, 1.165) is 37.0 Å². The van der Waals surface area contributed by atoms with Crippen LogP contribution in [-0.2, 0) is 0 Å². The number of rotatable bonds is 3. The highest BCUT2D eigenvalue weighted by Gasteiger charge is 2.61. The molecule has 10 atom stereocenters. The Balaban J connectivity index is 1.62. The second-order valence-corrected chi connectivity index (χ2v) is 11.3. The maximum Gasteiger partial charge on any atom is 0.0574 e. The summed E-state index contributed by atoms with van der Waals surface area (Å²) >= 11 is 0. The molecule has 150 valence electrons. The maximum atomic E-state index is 11.0. The van der Waals surface area contributed by atoms with Crippen LogP contribution in [0.2, 0.25) is 0 Å². The van der Waals surface area contributed by atoms with Crippen LogP contribution in [0.5, 0.6) is 0 Å². The quantitative estimate of drug-likeness (QED) is 0.704. The van der Waals surface area contributed by atoms with Crippen LogP contribution in [0.15, 0.2) is 0 Å². The van der Waals surface area contributed by atoms with Gasteiger partial charge >= 0.3 is 0 Å². The van der Waals surface area contributed by atoms with Gasteiger partial charge in [-0.1, -0.05) is 40.5 Å². The topological polar surface area (TPSA) is 40.5 Å². The lowest BCUT2D eigenvalue weighted by Gasteiger charge is -2.62. The van der Waals surface area contributed by atoms with E-state index in [1.54, 1.807) is 0 Å². The Labute approximate surface area is 161 Å². The van der Waals surface area contributed by atoms with Crippen LogP contribution in [0.25, 0.3) is 0 Å². The molecule has 2 nitrogen and oxygen atoms in total. The van der Waals surface area contributed by atoms with Gasteiger partial charge in [-0.05, 0) is 97.7 Å². The summed E-state index contributed by atoms with van der Waals surface area (Å²) in [7, 11) is 0. The van der Waals surface area contributed by atoms with Crippen molar-refractivity contribution < 1.29 is 10.2 Å². The molecule has 0 amide bonds. The Bertz CT molecular complexity index is 518. The van der Waals surface area contributed by atoms with Gasteiger partial charge in [-0.15, -0.1) is 0 Å². The Morgan fingerprint density at radius 1 is 0.962 bits per heavy atom. The standard InChI is InChI=1S/C24H42O2/c1-5-6-15(2)20-8-7-16-12-19-21(14-24(16,20)4)23(3)10-9-18(25)11-17(23)13-22(19)26/h15-22,25-26H,5-14H2,1-4H3/t15-,16?,17?,18-,19?,20?,21?,22-,23+,24+/m1/s1. The van der Waals surface area contributed by atoms with Crippen molar-refractivity contribution in [2.45, 2.75) is 104 Å². The van der Waals surface area contributed by atoms with E-state index < -0.39 is 0 Å². The molecule has 0 aromatic rings. The number of fused-ring (bicyclic) bond motifs is 4. The Morgan fingerprint density at radius 2 is 1.73 bits per heavy atom. The third-order valence-corrected chi connectivity index (χ3v) is 10.1. The van der Waals surface area contributed by atoms with Gasteiger partial charge in [0.05, 0.1) is 12.2 Å². The second kappa shape index (κ2) is 6.76. The predicted molar refractivity (Wildman–Crippen MR) is 107 cm³/mol. The lowest BCUT2D eigenvalue weighted by atomic mass is 9.44. The van der Waals surface area contributed by atoms with Crippen LogP contribution < -0.4 is 0 Å². The van der Waals surface area contributed by atoms with E-state index >= 15 is 0 Å². The van der Waals surface area contributed by atoms with E-state index in [4.69, 9.17) is 0 Å². The minimum Gasteiger partial charge on any atom is -0.393 e. The third-order valence-electron chi connectivity index (χ3n) is 10.1. The number of hydrogen-bond acceptors (Lipinski definition) is 2. The largest absolute Gasteiger partial charge is 0.393 e. The van der Waals surface area contributed by atoms with Crippen LogP contribution >= 0.6 is 0 Å². The highest BCUT2D eigenvalue weighted by atomic mass is 16.3. The Hall–Kier alpha value is -0.0800. The molecule has 4 fully saturated rings. The number of aliphatic hydroxyl groups excluding tert-OH is 2. The van der Waals surface area contributed by atoms with Crippen LogP contribution in [0, 0.1) is 46.3 Å². The van der Waals surface area contributed by atoms with Gasteiger partial charge in [0.25, 0.3) is 0 Å². The molecule has 0 saturated heterocycles. The summed E-state index contributed by atoms with van der Waals surface area (Å²) in [6, 6.07) is 0. The molecule has 4 rings (SSSR count). The summed E-state index contributed by atoms with van der Waals surface area (Å²) in [4.78, 5) is 0. The SMILES string of the molecule is CCC[C@@H](C)C1CCC2CC3C(C[C@@]21C)[C@@]1(C)CC[C@@H](O)CC1C[C@H]3O. The molecule has 26 heavy (non-hydrogen) atoms. The molecular weight excluding hydrogens is 320 g/mol. The van der Waals surface area contributed by atoms with Crippen molar-refractivity contribution in [2.24, 2.45) is 46.3 Å². The average Bonchev–Trinajstić information content (AvgIpc) is 2.92. The lowest BCUT2D eigenvalue weighted by Crippen LogP contribution is -2.57. The van der Waals surface area contributed by atoms with Gasteiger partial charge in [-0.2, -0.15) is 0 Å². The predicted octanol–water partition coefficient (Wildman–Crippen LogP) is 5.41. The van der Waals surface area contributed by atoms with Crippen molar-refractivity contribution in [2.75, 3.05) is 0 Å². The first-order valence-electron chi connectivity index (χ1n) is 11.7. The first-order chi connectivity index (χ1) is 12.3. The molecule has 0 aromatic heterocycles. The number of hydrogen-bond donors (Lipinski definition) is 2. The summed E-state index contributed by atoms with van der Waals surface area (Å²) in [5.74, 6) is 4.26. The van der Waals surface area contributed by atoms with Crippen molar-refractivity contribution in [1.29, 1.82) is 0 Å². The zero-order valence-electron chi connectivity index (χ0n) is 17.6. The molecule has 2 heteroatoms. The van der Waals surface area contributed by atoms with Gasteiger partial charge in [0.15, 0.2) is 0 Å². The van der Waals surface area contributed by atoms with Crippen LogP contribution in [-0.4, -0.2) is 22.4 Å². The molecule has 4 aliphatic rings. The first-order valence-corrected chi connectivity index (χ1v) is 11.7. The molecule has 0 aliphatic heterocycles. The fourth-order valence-electron chi connectivity index (χ4n) is 8.62. The molecule has 0 heterocycles. The molecule has 2 N–H and O–H groups in total. The Kier molecular flexibility index (Phi) is 5.01. The first kappa shape index (κ1) is 19.2. The van der Waals surface area contributed by atoms with Crippen molar-refractivity contribution in [3.8, 4) is 0 Å². The van der Waals surface area contributed by atoms with Gasteiger partial charge in [-0.3, -0.25) is 0 Å². The van der Waals surface area contributed by atoms with E-state index in [2.05, 4.69) is 27.7 Å². The summed E-state index contributed by atoms with van der Waals surface area (Å²) in [6.45, 7) is 9.98. The van der Waals surface area contributed by atoms with Gasteiger partial charge in [0.1, 0.15) is 0 Å². The zero-order chi connectivity index (χ0) is 18.7. The molecule has 4 aliphatic carbocycles. The molecule has 0 radical (unpaired) electrons. The van der Waals surface area contributed by atoms with Crippen molar-refractivity contribution in [3.63, 3.8) is 0 Å². The van der Waals surface area contributed by atoms with Crippen molar-refractivity contribution >= 4 is 0 Å². The highest BCUT2D eigenvalue weighted by Crippen LogP contribution is 2.67. The van der Waals surface area contributed by atoms with Crippen LogP contribution in [0.1, 0.15) is 91.9 Å². The minimum absolute atomic E-state index is 0.125. The second-order valence-electron chi connectivity index (χ2n) is 11.3. The lowest BCUT2D eigenvalue weighted by molar-refractivity contribution is -0.165. The third kappa shape index (κ3) is 2.81. The molecular formula is C24H42O2. The molecule has 0 bridgehead atoms. The fraction of sp³-hybridized carbons (Fsp3) is 1.00. The minimum atomic E-state index is -0.132. The van der Waals surface area contributed by atoms with Gasteiger partial charge in [0, 0.05) is 0 Å². The number of aliphatic hydroxyl groups is 2. The van der Waals surface area contributed by atoms with E-state index in [9.17, 15) is 10.2 Å². The normalized spacial score (nSPS) is 54.9. The Morgan fingerprint density at radius 3 is 2.46 bits per heavy atom. The summed E-state index contributed by atoms with van der Waals surface area (Å²) in [5, 5.41) is 21.3. The highest BCUT2D eigenvalue weighted by molar-refractivity contribution is 5.10.